The van der Waals surface area contributed by atoms with Crippen LogP contribution in [0.3, 0.4) is 0 Å². The van der Waals surface area contributed by atoms with E-state index in [1.807, 2.05) is 0 Å². The number of carbonyl (C=O) groups excluding carboxylic acids is 1. The third kappa shape index (κ3) is 3.37. The zero-order valence-electron chi connectivity index (χ0n) is 9.84. The van der Waals surface area contributed by atoms with Crippen LogP contribution in [0, 0.1) is 17.5 Å². The standard InChI is InChI=1S/C10H11F3N2O3S/c1-2-3-19(17,18)15-6-4-5(11)8(12)7(9(6)13)10(14)16/h4,15H,2-3H2,1H3,(H2,14,16). The number of sulfonamides is 1. The average molecular weight is 296 g/mol. The van der Waals surface area contributed by atoms with Crippen molar-refractivity contribution in [3.63, 3.8) is 0 Å². The summed E-state index contributed by atoms with van der Waals surface area (Å²) in [6.07, 6.45) is 0.239. The van der Waals surface area contributed by atoms with E-state index in [9.17, 15) is 26.4 Å². The summed E-state index contributed by atoms with van der Waals surface area (Å²) >= 11 is 0. The topological polar surface area (TPSA) is 89.3 Å². The van der Waals surface area contributed by atoms with Gasteiger partial charge in [-0.15, -0.1) is 0 Å². The number of halogens is 3. The number of nitrogens with two attached hydrogens (primary N) is 1. The van der Waals surface area contributed by atoms with Crippen LogP contribution in [0.25, 0.3) is 0 Å². The number of benzene rings is 1. The van der Waals surface area contributed by atoms with Gasteiger partial charge < -0.3 is 5.73 Å². The van der Waals surface area contributed by atoms with Crippen molar-refractivity contribution in [1.29, 1.82) is 0 Å². The lowest BCUT2D eigenvalue weighted by Gasteiger charge is -2.11. The molecule has 9 heteroatoms. The van der Waals surface area contributed by atoms with E-state index in [1.54, 1.807) is 11.6 Å². The highest BCUT2D eigenvalue weighted by Gasteiger charge is 2.24. The molecule has 0 bridgehead atoms. The molecule has 0 aliphatic heterocycles. The molecule has 1 amide bonds. The minimum absolute atomic E-state index is 0.239. The summed E-state index contributed by atoms with van der Waals surface area (Å²) in [6, 6.07) is 0.310. The first-order valence-corrected chi connectivity index (χ1v) is 6.82. The van der Waals surface area contributed by atoms with Gasteiger partial charge in [0.05, 0.1) is 11.4 Å². The highest BCUT2D eigenvalue weighted by molar-refractivity contribution is 7.92. The molecule has 5 nitrogen and oxygen atoms in total. The molecule has 0 atom stereocenters. The monoisotopic (exact) mass is 296 g/mol. The Morgan fingerprint density at radius 2 is 1.89 bits per heavy atom. The van der Waals surface area contributed by atoms with Gasteiger partial charge in [-0.25, -0.2) is 21.6 Å². The molecule has 1 aromatic rings. The summed E-state index contributed by atoms with van der Waals surface area (Å²) in [4.78, 5) is 10.8. The van der Waals surface area contributed by atoms with Crippen LogP contribution in [0.15, 0.2) is 6.07 Å². The van der Waals surface area contributed by atoms with Crippen molar-refractivity contribution in [1.82, 2.24) is 0 Å². The van der Waals surface area contributed by atoms with E-state index in [0.717, 1.165) is 0 Å². The van der Waals surface area contributed by atoms with Gasteiger partial charge in [0.2, 0.25) is 10.0 Å². The minimum atomic E-state index is -3.91. The normalized spacial score (nSPS) is 11.4. The van der Waals surface area contributed by atoms with Crippen LogP contribution in [0.1, 0.15) is 23.7 Å². The molecular weight excluding hydrogens is 285 g/mol. The molecule has 3 N–H and O–H groups in total. The lowest BCUT2D eigenvalue weighted by Crippen LogP contribution is -2.21. The molecule has 19 heavy (non-hydrogen) atoms. The van der Waals surface area contributed by atoms with Crippen LogP contribution in [-0.4, -0.2) is 20.1 Å². The molecule has 0 saturated carbocycles. The Labute approximate surface area is 107 Å². The van der Waals surface area contributed by atoms with Gasteiger partial charge in [0, 0.05) is 6.07 Å². The van der Waals surface area contributed by atoms with Gasteiger partial charge in [0.15, 0.2) is 17.5 Å². The van der Waals surface area contributed by atoms with Crippen molar-refractivity contribution < 1.29 is 26.4 Å². The second kappa shape index (κ2) is 5.47. The maximum Gasteiger partial charge on any atom is 0.254 e. The summed E-state index contributed by atoms with van der Waals surface area (Å²) in [5.41, 5.74) is 2.53. The second-order valence-corrected chi connectivity index (χ2v) is 5.54. The fourth-order valence-electron chi connectivity index (χ4n) is 1.38. The van der Waals surface area contributed by atoms with E-state index >= 15 is 0 Å². The summed E-state index contributed by atoms with van der Waals surface area (Å²) in [5.74, 6) is -6.76. The second-order valence-electron chi connectivity index (χ2n) is 3.69. The molecule has 1 rings (SSSR count). The quantitative estimate of drug-likeness (QED) is 0.804. The predicted molar refractivity (Wildman–Crippen MR) is 62.5 cm³/mol. The van der Waals surface area contributed by atoms with E-state index in [0.29, 0.717) is 6.07 Å². The van der Waals surface area contributed by atoms with Crippen LogP contribution in [0.5, 0.6) is 0 Å². The highest BCUT2D eigenvalue weighted by atomic mass is 32.2. The van der Waals surface area contributed by atoms with Crippen LogP contribution < -0.4 is 10.5 Å². The lowest BCUT2D eigenvalue weighted by molar-refractivity contribution is 0.0991. The van der Waals surface area contributed by atoms with E-state index in [4.69, 9.17) is 5.73 Å². The first-order valence-electron chi connectivity index (χ1n) is 5.17. The average Bonchev–Trinajstić information content (AvgIpc) is 2.25. The van der Waals surface area contributed by atoms with Crippen molar-refractivity contribution in [2.75, 3.05) is 10.5 Å². The van der Waals surface area contributed by atoms with Crippen LogP contribution >= 0.6 is 0 Å². The highest BCUT2D eigenvalue weighted by Crippen LogP contribution is 2.24. The fourth-order valence-corrected chi connectivity index (χ4v) is 2.50. The molecule has 0 aliphatic rings. The van der Waals surface area contributed by atoms with Crippen molar-refractivity contribution in [3.8, 4) is 0 Å². The molecule has 0 aliphatic carbocycles. The van der Waals surface area contributed by atoms with Gasteiger partial charge in [-0.1, -0.05) is 6.92 Å². The largest absolute Gasteiger partial charge is 0.365 e. The van der Waals surface area contributed by atoms with E-state index in [1.165, 1.54) is 0 Å². The van der Waals surface area contributed by atoms with E-state index in [2.05, 4.69) is 0 Å². The van der Waals surface area contributed by atoms with Gasteiger partial charge in [-0.3, -0.25) is 9.52 Å². The number of amides is 1. The molecule has 0 radical (unpaired) electrons. The minimum Gasteiger partial charge on any atom is -0.365 e. The Kier molecular flexibility index (Phi) is 4.40. The summed E-state index contributed by atoms with van der Waals surface area (Å²) in [7, 11) is -3.91. The van der Waals surface area contributed by atoms with Gasteiger partial charge in [0.25, 0.3) is 5.91 Å². The van der Waals surface area contributed by atoms with Crippen molar-refractivity contribution >= 4 is 21.6 Å². The Balaban J connectivity index is 3.35. The molecule has 106 valence electrons. The van der Waals surface area contributed by atoms with Crippen molar-refractivity contribution in [2.24, 2.45) is 5.73 Å². The molecular formula is C10H11F3N2O3S. The SMILES string of the molecule is CCCS(=O)(=O)Nc1cc(F)c(F)c(C(N)=O)c1F. The summed E-state index contributed by atoms with van der Waals surface area (Å²) < 4.78 is 64.6. The van der Waals surface area contributed by atoms with Crippen LogP contribution in [0.4, 0.5) is 18.9 Å². The Morgan fingerprint density at radius 1 is 1.32 bits per heavy atom. The van der Waals surface area contributed by atoms with Gasteiger partial charge in [-0.05, 0) is 6.42 Å². The summed E-state index contributed by atoms with van der Waals surface area (Å²) in [5, 5.41) is 0. The number of nitrogens with one attached hydrogen (secondary N) is 1. The Hall–Kier alpha value is -1.77. The summed E-state index contributed by atoms with van der Waals surface area (Å²) in [6.45, 7) is 1.57. The molecule has 0 heterocycles. The Bertz CT molecular complexity index is 617. The third-order valence-electron chi connectivity index (χ3n) is 2.14. The predicted octanol–water partition coefficient (Wildman–Crippen LogP) is 1.35. The number of anilines is 1. The van der Waals surface area contributed by atoms with Crippen molar-refractivity contribution in [3.05, 3.63) is 29.1 Å². The van der Waals surface area contributed by atoms with E-state index in [-0.39, 0.29) is 12.2 Å². The number of hydrogen-bond donors (Lipinski definition) is 2. The number of primary amides is 1. The molecule has 0 spiro atoms. The zero-order chi connectivity index (χ0) is 14.8. The number of carbonyl (C=O) groups is 1. The Morgan fingerprint density at radius 3 is 2.37 bits per heavy atom. The maximum atomic E-state index is 13.7. The fraction of sp³-hybridized carbons (Fsp3) is 0.300. The molecule has 0 aromatic heterocycles. The zero-order valence-corrected chi connectivity index (χ0v) is 10.7. The maximum absolute atomic E-state index is 13.7. The smallest absolute Gasteiger partial charge is 0.254 e. The molecule has 0 unspecified atom stereocenters. The van der Waals surface area contributed by atoms with Gasteiger partial charge in [-0.2, -0.15) is 0 Å². The van der Waals surface area contributed by atoms with Crippen molar-refractivity contribution in [2.45, 2.75) is 13.3 Å². The first-order chi connectivity index (χ1) is 8.69. The number of hydrogen-bond acceptors (Lipinski definition) is 3. The molecule has 0 fully saturated rings. The van der Waals surface area contributed by atoms with Gasteiger partial charge in [0.1, 0.15) is 5.56 Å². The molecule has 1 aromatic carbocycles. The van der Waals surface area contributed by atoms with Gasteiger partial charge >= 0.3 is 0 Å². The van der Waals surface area contributed by atoms with Crippen LogP contribution in [-0.2, 0) is 10.0 Å². The van der Waals surface area contributed by atoms with E-state index < -0.39 is 44.6 Å². The first kappa shape index (κ1) is 15.3. The van der Waals surface area contributed by atoms with Crippen LogP contribution in [0.2, 0.25) is 0 Å². The lowest BCUT2D eigenvalue weighted by atomic mass is 10.1. The number of rotatable bonds is 5. The molecule has 0 saturated heterocycles. The third-order valence-corrected chi connectivity index (χ3v) is 3.62.